The number of nitrogens with zero attached hydrogens (tertiary/aromatic N) is 3. The minimum absolute atomic E-state index is 0.0168. The number of aryl methyl sites for hydroxylation is 2. The highest BCUT2D eigenvalue weighted by atomic mass is 16.5. The van der Waals surface area contributed by atoms with Crippen LogP contribution in [0.3, 0.4) is 0 Å². The second kappa shape index (κ2) is 7.90. The normalized spacial score (nSPS) is 10.8. The Morgan fingerprint density at radius 1 is 0.967 bits per heavy atom. The quantitative estimate of drug-likeness (QED) is 0.623. The van der Waals surface area contributed by atoms with Crippen LogP contribution in [0.15, 0.2) is 38.6 Å². The van der Waals surface area contributed by atoms with E-state index in [2.05, 4.69) is 5.32 Å². The summed E-state index contributed by atoms with van der Waals surface area (Å²) in [6.45, 7) is 0.0714. The molecule has 0 aliphatic heterocycles. The maximum Gasteiger partial charge on any atom is 0.332 e. The van der Waals surface area contributed by atoms with Crippen molar-refractivity contribution in [2.75, 3.05) is 14.2 Å². The van der Waals surface area contributed by atoms with Crippen LogP contribution in [0.5, 0.6) is 11.5 Å². The molecule has 158 valence electrons. The molecule has 1 amide bonds. The van der Waals surface area contributed by atoms with E-state index in [1.807, 2.05) is 0 Å². The van der Waals surface area contributed by atoms with Gasteiger partial charge >= 0.3 is 5.69 Å². The van der Waals surface area contributed by atoms with Crippen LogP contribution in [0.2, 0.25) is 0 Å². The number of rotatable bonds is 5. The van der Waals surface area contributed by atoms with Crippen molar-refractivity contribution in [3.8, 4) is 11.5 Å². The fraction of sp³-hybridized carbons (Fsp3) is 0.300. The van der Waals surface area contributed by atoms with Crippen molar-refractivity contribution in [2.45, 2.75) is 6.54 Å². The summed E-state index contributed by atoms with van der Waals surface area (Å²) >= 11 is 0. The Morgan fingerprint density at radius 3 is 2.30 bits per heavy atom. The number of pyridine rings is 1. The topological polar surface area (TPSA) is 114 Å². The number of fused-ring (bicyclic) bond motifs is 1. The molecule has 2 heterocycles. The number of ether oxygens (including phenoxy) is 2. The Morgan fingerprint density at radius 2 is 1.67 bits per heavy atom. The number of amides is 1. The van der Waals surface area contributed by atoms with Crippen LogP contribution in [0, 0.1) is 0 Å². The molecule has 0 radical (unpaired) electrons. The summed E-state index contributed by atoms with van der Waals surface area (Å²) in [5, 5.41) is 2.69. The summed E-state index contributed by atoms with van der Waals surface area (Å²) in [6.07, 6.45) is 0. The second-order valence-electron chi connectivity index (χ2n) is 6.72. The van der Waals surface area contributed by atoms with Crippen molar-refractivity contribution < 1.29 is 14.3 Å². The largest absolute Gasteiger partial charge is 0.497 e. The number of benzene rings is 1. The summed E-state index contributed by atoms with van der Waals surface area (Å²) in [4.78, 5) is 50.4. The first kappa shape index (κ1) is 20.9. The van der Waals surface area contributed by atoms with Crippen molar-refractivity contribution >= 4 is 16.9 Å². The van der Waals surface area contributed by atoms with Crippen LogP contribution in [0.1, 0.15) is 15.9 Å². The first-order chi connectivity index (χ1) is 14.2. The molecule has 0 spiro atoms. The number of methoxy groups -OCH3 is 2. The van der Waals surface area contributed by atoms with Gasteiger partial charge < -0.3 is 14.8 Å². The van der Waals surface area contributed by atoms with Gasteiger partial charge in [0.2, 0.25) is 0 Å². The second-order valence-corrected chi connectivity index (χ2v) is 6.72. The number of nitrogens with one attached hydrogen (secondary N) is 1. The highest BCUT2D eigenvalue weighted by Gasteiger charge is 2.21. The monoisotopic (exact) mass is 414 g/mol. The van der Waals surface area contributed by atoms with Crippen molar-refractivity contribution in [3.05, 3.63) is 66.6 Å². The molecule has 10 heteroatoms. The first-order valence-electron chi connectivity index (χ1n) is 9.00. The van der Waals surface area contributed by atoms with Gasteiger partial charge in [-0.2, -0.15) is 0 Å². The highest BCUT2D eigenvalue weighted by Crippen LogP contribution is 2.24. The zero-order valence-corrected chi connectivity index (χ0v) is 17.3. The van der Waals surface area contributed by atoms with E-state index in [4.69, 9.17) is 9.47 Å². The molecule has 0 fully saturated rings. The standard InChI is InChI=1S/C20H22N4O6/c1-22-15(25)9-13(16-18(22)23(2)20(28)24(3)19(16)27)17(26)21-10-11-8-12(29-4)6-7-14(11)30-5/h6-9H,10H2,1-5H3,(H,21,26). The molecule has 0 unspecified atom stereocenters. The molecule has 30 heavy (non-hydrogen) atoms. The summed E-state index contributed by atoms with van der Waals surface area (Å²) in [5.74, 6) is 0.504. The Kier molecular flexibility index (Phi) is 5.50. The smallest absolute Gasteiger partial charge is 0.332 e. The molecule has 3 rings (SSSR count). The van der Waals surface area contributed by atoms with E-state index in [-0.39, 0.29) is 23.1 Å². The van der Waals surface area contributed by atoms with Crippen molar-refractivity contribution in [3.63, 3.8) is 0 Å². The average molecular weight is 414 g/mol. The average Bonchev–Trinajstić information content (AvgIpc) is 2.75. The lowest BCUT2D eigenvalue weighted by atomic mass is 10.1. The molecule has 0 saturated carbocycles. The van der Waals surface area contributed by atoms with Crippen molar-refractivity contribution in [1.82, 2.24) is 19.0 Å². The number of aromatic nitrogens is 3. The van der Waals surface area contributed by atoms with Gasteiger partial charge in [0.15, 0.2) is 0 Å². The number of carbonyl (C=O) groups excluding carboxylic acids is 1. The van der Waals surface area contributed by atoms with E-state index in [0.29, 0.717) is 17.1 Å². The fourth-order valence-electron chi connectivity index (χ4n) is 3.33. The SMILES string of the molecule is COc1ccc(OC)c(CNC(=O)c2cc(=O)n(C)c3c2c(=O)n(C)c(=O)n3C)c1. The van der Waals surface area contributed by atoms with E-state index < -0.39 is 22.7 Å². The number of hydrogen-bond donors (Lipinski definition) is 1. The molecule has 10 nitrogen and oxygen atoms in total. The Balaban J connectivity index is 2.11. The number of carbonyl (C=O) groups is 1. The molecular weight excluding hydrogens is 392 g/mol. The van der Waals surface area contributed by atoms with E-state index in [1.54, 1.807) is 18.2 Å². The van der Waals surface area contributed by atoms with Crippen LogP contribution < -0.4 is 31.6 Å². The molecular formula is C20H22N4O6. The Bertz CT molecular complexity index is 1330. The van der Waals surface area contributed by atoms with Gasteiger partial charge in [-0.15, -0.1) is 0 Å². The van der Waals surface area contributed by atoms with Crippen LogP contribution in [0.25, 0.3) is 11.0 Å². The minimum atomic E-state index is -0.659. The molecule has 0 aliphatic carbocycles. The summed E-state index contributed by atoms with van der Waals surface area (Å²) in [6, 6.07) is 6.23. The zero-order valence-electron chi connectivity index (χ0n) is 17.3. The molecule has 0 aliphatic rings. The van der Waals surface area contributed by atoms with Crippen LogP contribution in [-0.4, -0.2) is 33.8 Å². The summed E-state index contributed by atoms with van der Waals surface area (Å²) in [7, 11) is 7.22. The third-order valence-electron chi connectivity index (χ3n) is 4.99. The summed E-state index contributed by atoms with van der Waals surface area (Å²) in [5.41, 5.74) is -1.16. The maximum absolute atomic E-state index is 12.9. The van der Waals surface area contributed by atoms with Gasteiger partial charge in [0.1, 0.15) is 17.1 Å². The maximum atomic E-state index is 12.9. The minimum Gasteiger partial charge on any atom is -0.497 e. The van der Waals surface area contributed by atoms with Crippen LogP contribution in [0.4, 0.5) is 0 Å². The molecule has 1 aromatic carbocycles. The van der Waals surface area contributed by atoms with Crippen molar-refractivity contribution in [2.24, 2.45) is 21.1 Å². The molecule has 0 atom stereocenters. The molecule has 3 aromatic rings. The third kappa shape index (κ3) is 3.36. The van der Waals surface area contributed by atoms with Crippen LogP contribution in [-0.2, 0) is 27.7 Å². The predicted octanol–water partition coefficient (Wildman–Crippen LogP) is -0.117. The van der Waals surface area contributed by atoms with E-state index in [1.165, 1.54) is 44.5 Å². The number of hydrogen-bond acceptors (Lipinski definition) is 6. The van der Waals surface area contributed by atoms with Gasteiger partial charge in [0.05, 0.1) is 25.2 Å². The van der Waals surface area contributed by atoms with E-state index in [9.17, 15) is 19.2 Å². The molecule has 0 saturated heterocycles. The van der Waals surface area contributed by atoms with Gasteiger partial charge in [0.25, 0.3) is 17.0 Å². The van der Waals surface area contributed by atoms with Gasteiger partial charge in [-0.3, -0.25) is 28.1 Å². The lowest BCUT2D eigenvalue weighted by Gasteiger charge is -2.15. The summed E-state index contributed by atoms with van der Waals surface area (Å²) < 4.78 is 13.7. The molecule has 2 aromatic heterocycles. The van der Waals surface area contributed by atoms with Gasteiger partial charge in [-0.25, -0.2) is 4.79 Å². The van der Waals surface area contributed by atoms with E-state index in [0.717, 1.165) is 10.6 Å². The predicted molar refractivity (Wildman–Crippen MR) is 110 cm³/mol. The Hall–Kier alpha value is -3.82. The third-order valence-corrected chi connectivity index (χ3v) is 4.99. The lowest BCUT2D eigenvalue weighted by molar-refractivity contribution is 0.0952. The Labute approximate surface area is 170 Å². The van der Waals surface area contributed by atoms with Crippen LogP contribution >= 0.6 is 0 Å². The van der Waals surface area contributed by atoms with Gasteiger partial charge in [0, 0.05) is 39.3 Å². The van der Waals surface area contributed by atoms with E-state index >= 15 is 0 Å². The van der Waals surface area contributed by atoms with Gasteiger partial charge in [-0.05, 0) is 18.2 Å². The highest BCUT2D eigenvalue weighted by molar-refractivity contribution is 6.05. The fourth-order valence-corrected chi connectivity index (χ4v) is 3.33. The van der Waals surface area contributed by atoms with Gasteiger partial charge in [-0.1, -0.05) is 0 Å². The molecule has 0 bridgehead atoms. The molecule has 1 N–H and O–H groups in total. The zero-order chi connectivity index (χ0) is 22.2. The first-order valence-corrected chi connectivity index (χ1v) is 9.00. The lowest BCUT2D eigenvalue weighted by Crippen LogP contribution is -2.41. The van der Waals surface area contributed by atoms with Crippen molar-refractivity contribution in [1.29, 1.82) is 0 Å².